The first-order valence-corrected chi connectivity index (χ1v) is 10.7. The average molecular weight is 390 g/mol. The normalized spacial score (nSPS) is 16.6. The van der Waals surface area contributed by atoms with Crippen LogP contribution in [0.2, 0.25) is 0 Å². The van der Waals surface area contributed by atoms with Gasteiger partial charge >= 0.3 is 0 Å². The number of hydrogen-bond acceptors (Lipinski definition) is 5. The van der Waals surface area contributed by atoms with E-state index in [0.29, 0.717) is 12.6 Å². The number of rotatable bonds is 7. The topological polar surface area (TPSA) is 70.4 Å². The molecule has 0 amide bonds. The van der Waals surface area contributed by atoms with Crippen molar-refractivity contribution < 1.29 is 0 Å². The third-order valence-corrected chi connectivity index (χ3v) is 5.92. The van der Waals surface area contributed by atoms with Gasteiger partial charge in [-0.1, -0.05) is 13.0 Å². The first-order valence-electron chi connectivity index (χ1n) is 9.80. The molecule has 3 rings (SSSR count). The van der Waals surface area contributed by atoms with Crippen LogP contribution in [0, 0.1) is 6.92 Å². The highest BCUT2D eigenvalue weighted by molar-refractivity contribution is 7.09. The Morgan fingerprint density at radius 2 is 2.15 bits per heavy atom. The quantitative estimate of drug-likeness (QED) is 0.562. The van der Waals surface area contributed by atoms with Crippen LogP contribution in [0.25, 0.3) is 0 Å². The number of nitrogens with zero attached hydrogens (tertiary/aromatic N) is 5. The van der Waals surface area contributed by atoms with Gasteiger partial charge in [0.15, 0.2) is 11.8 Å². The van der Waals surface area contributed by atoms with Gasteiger partial charge in [-0.3, -0.25) is 0 Å². The highest BCUT2D eigenvalue weighted by Gasteiger charge is 2.19. The highest BCUT2D eigenvalue weighted by Crippen LogP contribution is 2.11. The summed E-state index contributed by atoms with van der Waals surface area (Å²) in [7, 11) is 1.98. The minimum atomic E-state index is 0.467. The molecule has 2 aromatic heterocycles. The minimum Gasteiger partial charge on any atom is -0.354 e. The smallest absolute Gasteiger partial charge is 0.192 e. The van der Waals surface area contributed by atoms with E-state index in [2.05, 4.69) is 50.2 Å². The lowest BCUT2D eigenvalue weighted by Crippen LogP contribution is -2.48. The van der Waals surface area contributed by atoms with Crippen molar-refractivity contribution in [2.75, 3.05) is 19.6 Å². The van der Waals surface area contributed by atoms with E-state index in [1.807, 2.05) is 18.5 Å². The molecule has 3 heterocycles. The summed E-state index contributed by atoms with van der Waals surface area (Å²) >= 11 is 1.76. The zero-order chi connectivity index (χ0) is 19.1. The van der Waals surface area contributed by atoms with Crippen LogP contribution < -0.4 is 10.6 Å². The molecule has 2 N–H and O–H groups in total. The van der Waals surface area contributed by atoms with Gasteiger partial charge in [0.2, 0.25) is 0 Å². The largest absolute Gasteiger partial charge is 0.354 e. The van der Waals surface area contributed by atoms with Crippen LogP contribution in [-0.2, 0) is 20.1 Å². The third kappa shape index (κ3) is 5.77. The fourth-order valence-corrected chi connectivity index (χ4v) is 3.93. The Labute approximate surface area is 165 Å². The summed E-state index contributed by atoms with van der Waals surface area (Å²) in [6, 6.07) is 4.69. The SMILES string of the molecule is CCCN1CCC(NC(=NCc2nnc(C)n2C)NCc2cccs2)CC1. The van der Waals surface area contributed by atoms with E-state index in [0.717, 1.165) is 50.1 Å². The Bertz CT molecular complexity index is 715. The van der Waals surface area contributed by atoms with E-state index in [4.69, 9.17) is 4.99 Å². The summed E-state index contributed by atoms with van der Waals surface area (Å²) in [5.74, 6) is 2.64. The van der Waals surface area contributed by atoms with Crippen LogP contribution in [0.1, 0.15) is 42.7 Å². The van der Waals surface area contributed by atoms with Gasteiger partial charge < -0.3 is 20.1 Å². The molecule has 0 aromatic carbocycles. The predicted molar refractivity (Wildman–Crippen MR) is 111 cm³/mol. The zero-order valence-electron chi connectivity index (χ0n) is 16.6. The molecule has 0 saturated carbocycles. The molecule has 148 valence electrons. The Hall–Kier alpha value is -1.93. The summed E-state index contributed by atoms with van der Waals surface area (Å²) in [5, 5.41) is 17.6. The fourth-order valence-electron chi connectivity index (χ4n) is 3.29. The van der Waals surface area contributed by atoms with Gasteiger partial charge in [0.05, 0.1) is 6.54 Å². The predicted octanol–water partition coefficient (Wildman–Crippen LogP) is 2.29. The van der Waals surface area contributed by atoms with Gasteiger partial charge in [0, 0.05) is 31.1 Å². The summed E-state index contributed by atoms with van der Waals surface area (Å²) in [6.07, 6.45) is 3.54. The van der Waals surface area contributed by atoms with Crippen LogP contribution in [0.5, 0.6) is 0 Å². The van der Waals surface area contributed by atoms with Crippen molar-refractivity contribution in [2.45, 2.75) is 52.2 Å². The average Bonchev–Trinajstić information content (AvgIpc) is 3.30. The maximum absolute atomic E-state index is 4.78. The number of aromatic nitrogens is 3. The molecule has 0 radical (unpaired) electrons. The van der Waals surface area contributed by atoms with Crippen molar-refractivity contribution in [1.82, 2.24) is 30.3 Å². The van der Waals surface area contributed by atoms with Gasteiger partial charge in [0.25, 0.3) is 0 Å². The number of thiophene rings is 1. The number of hydrogen-bond donors (Lipinski definition) is 2. The Kier molecular flexibility index (Phi) is 7.23. The summed E-state index contributed by atoms with van der Waals surface area (Å²) in [6.45, 7) is 9.03. The van der Waals surface area contributed by atoms with Crippen molar-refractivity contribution in [3.05, 3.63) is 34.0 Å². The standard InChI is InChI=1S/C19H31N7S/c1-4-9-26-10-7-16(8-11-26)22-19(20-13-17-6-5-12-27-17)21-14-18-24-23-15(2)25(18)3/h5-6,12,16H,4,7-11,13-14H2,1-3H3,(H2,20,21,22). The lowest BCUT2D eigenvalue weighted by molar-refractivity contribution is 0.206. The molecule has 27 heavy (non-hydrogen) atoms. The Morgan fingerprint density at radius 1 is 1.33 bits per heavy atom. The second-order valence-electron chi connectivity index (χ2n) is 7.08. The molecule has 0 spiro atoms. The van der Waals surface area contributed by atoms with E-state index in [1.54, 1.807) is 11.3 Å². The van der Waals surface area contributed by atoms with Crippen molar-refractivity contribution in [3.63, 3.8) is 0 Å². The fraction of sp³-hybridized carbons (Fsp3) is 0.632. The third-order valence-electron chi connectivity index (χ3n) is 5.04. The molecule has 1 fully saturated rings. The maximum atomic E-state index is 4.78. The van der Waals surface area contributed by atoms with Gasteiger partial charge in [-0.2, -0.15) is 0 Å². The number of aryl methyl sites for hydroxylation is 1. The molecular weight excluding hydrogens is 358 g/mol. The van der Waals surface area contributed by atoms with Gasteiger partial charge in [0.1, 0.15) is 12.4 Å². The molecule has 0 atom stereocenters. The van der Waals surface area contributed by atoms with Crippen LogP contribution in [0.15, 0.2) is 22.5 Å². The molecular formula is C19H31N7S. The van der Waals surface area contributed by atoms with Gasteiger partial charge in [-0.05, 0) is 44.2 Å². The Balaban J connectivity index is 1.60. The highest BCUT2D eigenvalue weighted by atomic mass is 32.1. The molecule has 0 unspecified atom stereocenters. The monoisotopic (exact) mass is 389 g/mol. The van der Waals surface area contributed by atoms with Crippen molar-refractivity contribution in [1.29, 1.82) is 0 Å². The van der Waals surface area contributed by atoms with Crippen molar-refractivity contribution >= 4 is 17.3 Å². The van der Waals surface area contributed by atoms with Gasteiger partial charge in [-0.15, -0.1) is 21.5 Å². The molecule has 1 saturated heterocycles. The summed E-state index contributed by atoms with van der Waals surface area (Å²) in [5.41, 5.74) is 0. The maximum Gasteiger partial charge on any atom is 0.192 e. The number of nitrogens with one attached hydrogen (secondary N) is 2. The lowest BCUT2D eigenvalue weighted by Gasteiger charge is -2.32. The van der Waals surface area contributed by atoms with E-state index in [-0.39, 0.29) is 0 Å². The summed E-state index contributed by atoms with van der Waals surface area (Å²) < 4.78 is 1.99. The molecule has 0 aliphatic carbocycles. The van der Waals surface area contributed by atoms with E-state index in [9.17, 15) is 0 Å². The zero-order valence-corrected chi connectivity index (χ0v) is 17.4. The van der Waals surface area contributed by atoms with E-state index >= 15 is 0 Å². The first kappa shape index (κ1) is 19.8. The molecule has 1 aliphatic heterocycles. The van der Waals surface area contributed by atoms with E-state index < -0.39 is 0 Å². The molecule has 7 nitrogen and oxygen atoms in total. The number of guanidine groups is 1. The Morgan fingerprint density at radius 3 is 2.78 bits per heavy atom. The second kappa shape index (κ2) is 9.85. The summed E-state index contributed by atoms with van der Waals surface area (Å²) in [4.78, 5) is 8.63. The first-order chi connectivity index (χ1) is 13.2. The van der Waals surface area contributed by atoms with Crippen LogP contribution in [-0.4, -0.2) is 51.3 Å². The number of aliphatic imine (C=N–C) groups is 1. The molecule has 0 bridgehead atoms. The number of likely N-dealkylation sites (tertiary alicyclic amines) is 1. The second-order valence-corrected chi connectivity index (χ2v) is 8.11. The van der Waals surface area contributed by atoms with Crippen LogP contribution in [0.4, 0.5) is 0 Å². The molecule has 1 aliphatic rings. The minimum absolute atomic E-state index is 0.467. The van der Waals surface area contributed by atoms with Crippen LogP contribution >= 0.6 is 11.3 Å². The molecule has 2 aromatic rings. The lowest BCUT2D eigenvalue weighted by atomic mass is 10.1. The van der Waals surface area contributed by atoms with Crippen LogP contribution in [0.3, 0.4) is 0 Å². The van der Waals surface area contributed by atoms with Crippen molar-refractivity contribution in [2.24, 2.45) is 12.0 Å². The molecule has 8 heteroatoms. The van der Waals surface area contributed by atoms with Gasteiger partial charge in [-0.25, -0.2) is 4.99 Å². The van der Waals surface area contributed by atoms with Crippen molar-refractivity contribution in [3.8, 4) is 0 Å². The van der Waals surface area contributed by atoms with E-state index in [1.165, 1.54) is 17.8 Å². The number of piperidine rings is 1.